The minimum absolute atomic E-state index is 0.422. The third-order valence-electron chi connectivity index (χ3n) is 3.35. The summed E-state index contributed by atoms with van der Waals surface area (Å²) in [6, 6.07) is 3.63. The number of piperidine rings is 1. The van der Waals surface area contributed by atoms with Crippen LogP contribution in [0.4, 0.5) is 5.88 Å². The lowest BCUT2D eigenvalue weighted by Gasteiger charge is -2.31. The fourth-order valence-corrected chi connectivity index (χ4v) is 2.43. The van der Waals surface area contributed by atoms with E-state index < -0.39 is 0 Å². The predicted octanol–water partition coefficient (Wildman–Crippen LogP) is 3.11. The van der Waals surface area contributed by atoms with Crippen LogP contribution in [-0.4, -0.2) is 19.4 Å². The minimum atomic E-state index is 0.422. The minimum Gasteiger partial charge on any atom is -0.438 e. The Kier molecular flexibility index (Phi) is 3.65. The number of hydrogen-bond acceptors (Lipinski definition) is 3. The second-order valence-electron chi connectivity index (χ2n) is 4.51. The van der Waals surface area contributed by atoms with E-state index in [1.165, 1.54) is 25.7 Å². The fourth-order valence-electron chi connectivity index (χ4n) is 2.43. The Bertz CT molecular complexity index is 337. The number of rotatable bonds is 4. The van der Waals surface area contributed by atoms with Crippen LogP contribution < -0.4 is 4.90 Å². The number of carbonyl (C=O) groups is 1. The SMILES string of the molecule is CCCC1CCN(c2ccc(C=O)o2)CC1. The van der Waals surface area contributed by atoms with Crippen molar-refractivity contribution in [3.63, 3.8) is 0 Å². The highest BCUT2D eigenvalue weighted by atomic mass is 16.4. The van der Waals surface area contributed by atoms with Gasteiger partial charge in [-0.1, -0.05) is 19.8 Å². The Morgan fingerprint density at radius 1 is 1.44 bits per heavy atom. The molecular weight excluding hydrogens is 202 g/mol. The molecule has 1 saturated heterocycles. The molecule has 3 nitrogen and oxygen atoms in total. The van der Waals surface area contributed by atoms with Crippen LogP contribution in [0.2, 0.25) is 0 Å². The molecule has 2 rings (SSSR count). The number of carbonyl (C=O) groups excluding carboxylic acids is 1. The average molecular weight is 221 g/mol. The zero-order valence-corrected chi connectivity index (χ0v) is 9.82. The van der Waals surface area contributed by atoms with Crippen LogP contribution in [0.1, 0.15) is 43.2 Å². The van der Waals surface area contributed by atoms with Crippen LogP contribution in [0.5, 0.6) is 0 Å². The van der Waals surface area contributed by atoms with Crippen LogP contribution in [0.25, 0.3) is 0 Å². The molecule has 0 radical (unpaired) electrons. The second-order valence-corrected chi connectivity index (χ2v) is 4.51. The van der Waals surface area contributed by atoms with E-state index in [4.69, 9.17) is 4.42 Å². The highest BCUT2D eigenvalue weighted by Crippen LogP contribution is 2.26. The molecular formula is C13H19NO2. The monoisotopic (exact) mass is 221 g/mol. The van der Waals surface area contributed by atoms with Crippen molar-refractivity contribution < 1.29 is 9.21 Å². The molecule has 16 heavy (non-hydrogen) atoms. The van der Waals surface area contributed by atoms with Gasteiger partial charge in [0.05, 0.1) is 0 Å². The number of aldehydes is 1. The van der Waals surface area contributed by atoms with E-state index in [0.29, 0.717) is 5.76 Å². The first kappa shape index (κ1) is 11.2. The zero-order chi connectivity index (χ0) is 11.4. The molecule has 0 spiro atoms. The Morgan fingerprint density at radius 3 is 2.75 bits per heavy atom. The number of furan rings is 1. The molecule has 0 saturated carbocycles. The lowest BCUT2D eigenvalue weighted by molar-refractivity contribution is 0.110. The zero-order valence-electron chi connectivity index (χ0n) is 9.82. The average Bonchev–Trinajstić information content (AvgIpc) is 2.79. The van der Waals surface area contributed by atoms with Crippen molar-refractivity contribution in [2.24, 2.45) is 5.92 Å². The Hall–Kier alpha value is -1.25. The lowest BCUT2D eigenvalue weighted by Crippen LogP contribution is -2.33. The third-order valence-corrected chi connectivity index (χ3v) is 3.35. The van der Waals surface area contributed by atoms with E-state index >= 15 is 0 Å². The van der Waals surface area contributed by atoms with Crippen molar-refractivity contribution in [3.8, 4) is 0 Å². The smallest absolute Gasteiger partial charge is 0.196 e. The van der Waals surface area contributed by atoms with Crippen molar-refractivity contribution in [1.29, 1.82) is 0 Å². The topological polar surface area (TPSA) is 33.5 Å². The fraction of sp³-hybridized carbons (Fsp3) is 0.615. The number of hydrogen-bond donors (Lipinski definition) is 0. The highest BCUT2D eigenvalue weighted by Gasteiger charge is 2.20. The third kappa shape index (κ3) is 2.46. The van der Waals surface area contributed by atoms with Gasteiger partial charge in [-0.25, -0.2) is 0 Å². The molecule has 0 atom stereocenters. The van der Waals surface area contributed by atoms with Gasteiger partial charge in [-0.15, -0.1) is 0 Å². The van der Waals surface area contributed by atoms with Gasteiger partial charge in [-0.2, -0.15) is 0 Å². The van der Waals surface area contributed by atoms with Crippen molar-refractivity contribution in [1.82, 2.24) is 0 Å². The molecule has 0 aliphatic carbocycles. The summed E-state index contributed by atoms with van der Waals surface area (Å²) in [5.41, 5.74) is 0. The van der Waals surface area contributed by atoms with Gasteiger partial charge in [-0.05, 0) is 24.8 Å². The quantitative estimate of drug-likeness (QED) is 0.732. The maximum Gasteiger partial charge on any atom is 0.196 e. The number of nitrogens with zero attached hydrogens (tertiary/aromatic N) is 1. The van der Waals surface area contributed by atoms with Gasteiger partial charge >= 0.3 is 0 Å². The van der Waals surface area contributed by atoms with Crippen LogP contribution in [0.3, 0.4) is 0 Å². The van der Waals surface area contributed by atoms with Gasteiger partial charge in [0.25, 0.3) is 0 Å². The first-order chi connectivity index (χ1) is 7.83. The van der Waals surface area contributed by atoms with Gasteiger partial charge in [-0.3, -0.25) is 4.79 Å². The maximum absolute atomic E-state index is 10.5. The number of anilines is 1. The summed E-state index contributed by atoms with van der Waals surface area (Å²) in [4.78, 5) is 12.8. The van der Waals surface area contributed by atoms with Gasteiger partial charge in [0.2, 0.25) is 0 Å². The van der Waals surface area contributed by atoms with E-state index in [0.717, 1.165) is 31.2 Å². The van der Waals surface area contributed by atoms with E-state index in [1.54, 1.807) is 6.07 Å². The summed E-state index contributed by atoms with van der Waals surface area (Å²) < 4.78 is 5.43. The Balaban J connectivity index is 1.91. The highest BCUT2D eigenvalue weighted by molar-refractivity contribution is 5.71. The molecule has 88 valence electrons. The first-order valence-corrected chi connectivity index (χ1v) is 6.13. The summed E-state index contributed by atoms with van der Waals surface area (Å²) in [6.07, 6.45) is 5.86. The van der Waals surface area contributed by atoms with Crippen LogP contribution in [0, 0.1) is 5.92 Å². The summed E-state index contributed by atoms with van der Waals surface area (Å²) in [7, 11) is 0. The maximum atomic E-state index is 10.5. The van der Waals surface area contributed by atoms with Crippen LogP contribution in [0.15, 0.2) is 16.5 Å². The molecule has 2 heterocycles. The molecule has 0 N–H and O–H groups in total. The Morgan fingerprint density at radius 2 is 2.19 bits per heavy atom. The summed E-state index contributed by atoms with van der Waals surface area (Å²) in [5.74, 6) is 2.14. The van der Waals surface area contributed by atoms with Crippen LogP contribution >= 0.6 is 0 Å². The van der Waals surface area contributed by atoms with Crippen molar-refractivity contribution >= 4 is 12.2 Å². The standard InChI is InChI=1S/C13H19NO2/c1-2-3-11-6-8-14(9-7-11)13-5-4-12(10-15)16-13/h4-5,10-11H,2-3,6-9H2,1H3. The molecule has 3 heteroatoms. The molecule has 1 aliphatic rings. The van der Waals surface area contributed by atoms with E-state index in [9.17, 15) is 4.79 Å². The van der Waals surface area contributed by atoms with E-state index in [2.05, 4.69) is 11.8 Å². The Labute approximate surface area is 96.4 Å². The second kappa shape index (κ2) is 5.19. The summed E-state index contributed by atoms with van der Waals surface area (Å²) >= 11 is 0. The van der Waals surface area contributed by atoms with Gasteiger partial charge in [0, 0.05) is 19.2 Å². The summed E-state index contributed by atoms with van der Waals surface area (Å²) in [6.45, 7) is 4.35. The molecule has 1 aromatic rings. The molecule has 0 aromatic carbocycles. The lowest BCUT2D eigenvalue weighted by atomic mass is 9.93. The van der Waals surface area contributed by atoms with E-state index in [-0.39, 0.29) is 0 Å². The molecule has 0 amide bonds. The van der Waals surface area contributed by atoms with Crippen molar-refractivity contribution in [2.75, 3.05) is 18.0 Å². The molecule has 0 bridgehead atoms. The van der Waals surface area contributed by atoms with Gasteiger partial charge in [0.1, 0.15) is 0 Å². The van der Waals surface area contributed by atoms with Crippen LogP contribution in [-0.2, 0) is 0 Å². The summed E-state index contributed by atoms with van der Waals surface area (Å²) in [5, 5.41) is 0. The van der Waals surface area contributed by atoms with Crippen molar-refractivity contribution in [2.45, 2.75) is 32.6 Å². The molecule has 1 aliphatic heterocycles. The molecule has 1 fully saturated rings. The largest absolute Gasteiger partial charge is 0.438 e. The molecule has 0 unspecified atom stereocenters. The van der Waals surface area contributed by atoms with E-state index in [1.807, 2.05) is 6.07 Å². The van der Waals surface area contributed by atoms with Crippen molar-refractivity contribution in [3.05, 3.63) is 17.9 Å². The first-order valence-electron chi connectivity index (χ1n) is 6.13. The normalized spacial score (nSPS) is 17.7. The predicted molar refractivity (Wildman–Crippen MR) is 63.9 cm³/mol. The van der Waals surface area contributed by atoms with Gasteiger partial charge in [0.15, 0.2) is 17.9 Å². The molecule has 1 aromatic heterocycles. The van der Waals surface area contributed by atoms with Gasteiger partial charge < -0.3 is 9.32 Å².